The molecule has 6 heteroatoms. The summed E-state index contributed by atoms with van der Waals surface area (Å²) < 4.78 is 1.65. The lowest BCUT2D eigenvalue weighted by molar-refractivity contribution is 0.0949. The van der Waals surface area contributed by atoms with E-state index in [-0.39, 0.29) is 17.0 Å². The van der Waals surface area contributed by atoms with Crippen molar-refractivity contribution >= 4 is 17.2 Å². The van der Waals surface area contributed by atoms with E-state index in [1.54, 1.807) is 29.0 Å². The topological polar surface area (TPSA) is 64.0 Å². The Balaban J connectivity index is 1.78. The van der Waals surface area contributed by atoms with Gasteiger partial charge in [0.2, 0.25) is 0 Å². The molecule has 5 nitrogen and oxygen atoms in total. The number of nitrogens with zero attached hydrogens (tertiary/aromatic N) is 2. The van der Waals surface area contributed by atoms with E-state index in [4.69, 9.17) is 0 Å². The second-order valence-corrected chi connectivity index (χ2v) is 7.82. The maximum Gasteiger partial charge on any atom is 0.263 e. The number of thiazole rings is 1. The van der Waals surface area contributed by atoms with Gasteiger partial charge in [-0.3, -0.25) is 9.59 Å². The van der Waals surface area contributed by atoms with Gasteiger partial charge in [0.05, 0.1) is 17.2 Å². The predicted octanol–water partition coefficient (Wildman–Crippen LogP) is 2.91. The van der Waals surface area contributed by atoms with Crippen molar-refractivity contribution in [3.63, 3.8) is 0 Å². The number of nitrogens with one attached hydrogen (secondary N) is 1. The molecule has 0 bridgehead atoms. The van der Waals surface area contributed by atoms with Gasteiger partial charge in [-0.1, -0.05) is 6.92 Å². The highest BCUT2D eigenvalue weighted by Crippen LogP contribution is 2.21. The molecule has 0 radical (unpaired) electrons. The molecule has 0 spiro atoms. The van der Waals surface area contributed by atoms with Crippen LogP contribution in [-0.2, 0) is 32.9 Å². The fraction of sp³-hybridized carbons (Fsp3) is 0.526. The van der Waals surface area contributed by atoms with Crippen LogP contribution < -0.4 is 10.9 Å². The summed E-state index contributed by atoms with van der Waals surface area (Å²) in [5.74, 6) is -0.293. The first-order chi connectivity index (χ1) is 12.0. The van der Waals surface area contributed by atoms with E-state index in [0.29, 0.717) is 6.54 Å². The van der Waals surface area contributed by atoms with Crippen LogP contribution in [-0.4, -0.2) is 15.5 Å². The number of hydrogen-bond acceptors (Lipinski definition) is 4. The third-order valence-corrected chi connectivity index (χ3v) is 6.01. The smallest absolute Gasteiger partial charge is 0.263 e. The van der Waals surface area contributed by atoms with Gasteiger partial charge in [-0.05, 0) is 57.1 Å². The molecular weight excluding hydrogens is 334 g/mol. The minimum Gasteiger partial charge on any atom is -0.347 e. The average Bonchev–Trinajstić information content (AvgIpc) is 2.96. The fourth-order valence-electron chi connectivity index (χ4n) is 3.38. The van der Waals surface area contributed by atoms with Crippen molar-refractivity contribution in [2.24, 2.45) is 7.05 Å². The predicted molar refractivity (Wildman–Crippen MR) is 100 cm³/mol. The first-order valence-electron chi connectivity index (χ1n) is 8.96. The Bertz CT molecular complexity index is 851. The van der Waals surface area contributed by atoms with E-state index in [1.165, 1.54) is 0 Å². The normalized spacial score (nSPS) is 13.6. The van der Waals surface area contributed by atoms with Crippen LogP contribution in [0.25, 0.3) is 0 Å². The van der Waals surface area contributed by atoms with E-state index in [1.807, 2.05) is 6.92 Å². The van der Waals surface area contributed by atoms with Crippen molar-refractivity contribution in [1.82, 2.24) is 14.9 Å². The van der Waals surface area contributed by atoms with Gasteiger partial charge in [0.1, 0.15) is 5.56 Å². The summed E-state index contributed by atoms with van der Waals surface area (Å²) in [5, 5.41) is 4.01. The van der Waals surface area contributed by atoms with E-state index in [2.05, 4.69) is 17.2 Å². The Morgan fingerprint density at radius 3 is 2.88 bits per heavy atom. The zero-order valence-corrected chi connectivity index (χ0v) is 16.0. The lowest BCUT2D eigenvalue weighted by Gasteiger charge is -2.20. The average molecular weight is 359 g/mol. The molecule has 25 heavy (non-hydrogen) atoms. The molecular formula is C19H25N3O2S. The number of amides is 1. The van der Waals surface area contributed by atoms with Crippen LogP contribution in [0.15, 0.2) is 10.9 Å². The van der Waals surface area contributed by atoms with Crippen LogP contribution in [0.5, 0.6) is 0 Å². The third kappa shape index (κ3) is 3.68. The first-order valence-corrected chi connectivity index (χ1v) is 9.78. The standard InChI is InChI=1S/C19H25N3O2S/c1-4-7-17-21-12(2)16(25-17)11-20-18(23)14-10-13-8-5-6-9-15(13)22(3)19(14)24/h10H,4-9,11H2,1-3H3,(H,20,23). The molecule has 0 fully saturated rings. The lowest BCUT2D eigenvalue weighted by Crippen LogP contribution is -2.34. The van der Waals surface area contributed by atoms with Gasteiger partial charge in [-0.25, -0.2) is 4.98 Å². The van der Waals surface area contributed by atoms with E-state index >= 15 is 0 Å². The molecule has 0 saturated carbocycles. The number of aryl methyl sites for hydroxylation is 3. The summed E-state index contributed by atoms with van der Waals surface area (Å²) in [6, 6.07) is 1.80. The van der Waals surface area contributed by atoms with Gasteiger partial charge < -0.3 is 9.88 Å². The summed E-state index contributed by atoms with van der Waals surface area (Å²) >= 11 is 1.64. The van der Waals surface area contributed by atoms with Gasteiger partial charge in [0.15, 0.2) is 0 Å². The zero-order chi connectivity index (χ0) is 18.0. The third-order valence-electron chi connectivity index (χ3n) is 4.79. The van der Waals surface area contributed by atoms with Crippen LogP contribution >= 0.6 is 11.3 Å². The van der Waals surface area contributed by atoms with E-state index in [0.717, 1.165) is 65.4 Å². The molecule has 3 rings (SSSR count). The summed E-state index contributed by atoms with van der Waals surface area (Å²) in [6.45, 7) is 4.52. The van der Waals surface area contributed by atoms with E-state index < -0.39 is 0 Å². The first kappa shape index (κ1) is 17.9. The maximum absolute atomic E-state index is 12.6. The second-order valence-electron chi connectivity index (χ2n) is 6.65. The summed E-state index contributed by atoms with van der Waals surface area (Å²) in [4.78, 5) is 30.7. The Morgan fingerprint density at radius 1 is 1.36 bits per heavy atom. The van der Waals surface area contributed by atoms with Crippen LogP contribution in [0.4, 0.5) is 0 Å². The van der Waals surface area contributed by atoms with Crippen LogP contribution in [0.1, 0.15) is 63.4 Å². The maximum atomic E-state index is 12.6. The van der Waals surface area contributed by atoms with E-state index in [9.17, 15) is 9.59 Å². The second kappa shape index (κ2) is 7.52. The van der Waals surface area contributed by atoms with Crippen molar-refractivity contribution in [1.29, 1.82) is 0 Å². The molecule has 134 valence electrons. The van der Waals surface area contributed by atoms with Crippen molar-refractivity contribution in [2.45, 2.75) is 58.9 Å². The molecule has 0 unspecified atom stereocenters. The monoisotopic (exact) mass is 359 g/mol. The summed E-state index contributed by atoms with van der Waals surface area (Å²) in [5.41, 5.74) is 3.23. The molecule has 0 saturated heterocycles. The Hall–Kier alpha value is -1.95. The summed E-state index contributed by atoms with van der Waals surface area (Å²) in [6.07, 6.45) is 6.11. The van der Waals surface area contributed by atoms with Crippen LogP contribution in [0.3, 0.4) is 0 Å². The molecule has 1 aliphatic rings. The number of rotatable bonds is 5. The highest BCUT2D eigenvalue weighted by atomic mass is 32.1. The number of carbonyl (C=O) groups is 1. The number of pyridine rings is 1. The van der Waals surface area contributed by atoms with Crippen LogP contribution in [0.2, 0.25) is 0 Å². The minimum absolute atomic E-state index is 0.203. The highest BCUT2D eigenvalue weighted by Gasteiger charge is 2.20. The van der Waals surface area contributed by atoms with Gasteiger partial charge in [0, 0.05) is 17.6 Å². The Kier molecular flexibility index (Phi) is 5.37. The SMILES string of the molecule is CCCc1nc(C)c(CNC(=O)c2cc3c(n(C)c2=O)CCCC3)s1. The van der Waals surface area contributed by atoms with Gasteiger partial charge in [0.25, 0.3) is 11.5 Å². The molecule has 2 aromatic heterocycles. The van der Waals surface area contributed by atoms with Gasteiger partial charge in [-0.2, -0.15) is 0 Å². The van der Waals surface area contributed by atoms with Crippen LogP contribution in [0, 0.1) is 6.92 Å². The largest absolute Gasteiger partial charge is 0.347 e. The number of aromatic nitrogens is 2. The Labute approximate surface area is 152 Å². The molecule has 1 N–H and O–H groups in total. The number of carbonyl (C=O) groups excluding carboxylic acids is 1. The number of hydrogen-bond donors (Lipinski definition) is 1. The molecule has 2 aromatic rings. The quantitative estimate of drug-likeness (QED) is 0.893. The molecule has 2 heterocycles. The molecule has 1 aliphatic carbocycles. The van der Waals surface area contributed by atoms with Crippen molar-refractivity contribution in [2.75, 3.05) is 0 Å². The van der Waals surface area contributed by atoms with Crippen molar-refractivity contribution < 1.29 is 4.79 Å². The molecule has 0 atom stereocenters. The lowest BCUT2D eigenvalue weighted by atomic mass is 9.94. The van der Waals surface area contributed by atoms with Crippen molar-refractivity contribution in [3.8, 4) is 0 Å². The Morgan fingerprint density at radius 2 is 2.12 bits per heavy atom. The molecule has 0 aromatic carbocycles. The van der Waals surface area contributed by atoms with Crippen molar-refractivity contribution in [3.05, 3.63) is 48.8 Å². The molecule has 0 aliphatic heterocycles. The highest BCUT2D eigenvalue weighted by molar-refractivity contribution is 7.11. The van der Waals surface area contributed by atoms with Gasteiger partial charge in [-0.15, -0.1) is 11.3 Å². The minimum atomic E-state index is -0.293. The zero-order valence-electron chi connectivity index (χ0n) is 15.1. The molecule has 1 amide bonds. The summed E-state index contributed by atoms with van der Waals surface area (Å²) in [7, 11) is 1.77. The van der Waals surface area contributed by atoms with Gasteiger partial charge >= 0.3 is 0 Å². The fourth-order valence-corrected chi connectivity index (χ4v) is 4.49. The number of fused-ring (bicyclic) bond motifs is 1.